The predicted octanol–water partition coefficient (Wildman–Crippen LogP) is -0.0954. The summed E-state index contributed by atoms with van der Waals surface area (Å²) in [6.07, 6.45) is 0. The summed E-state index contributed by atoms with van der Waals surface area (Å²) in [6.45, 7) is 0.0886. The summed E-state index contributed by atoms with van der Waals surface area (Å²) in [6, 6.07) is -0.709. The smallest absolute Gasteiger partial charge is 0.312 e. The molecule has 3 heterocycles. The van der Waals surface area contributed by atoms with Crippen LogP contribution in [0.3, 0.4) is 0 Å². The monoisotopic (exact) mass is 212 g/mol. The van der Waals surface area contributed by atoms with Gasteiger partial charge in [0.05, 0.1) is 19.8 Å². The Morgan fingerprint density at radius 3 is 2.23 bits per heavy atom. The number of urea groups is 1. The molecule has 3 N–H and O–H groups in total. The summed E-state index contributed by atoms with van der Waals surface area (Å²) in [5.74, 6) is 0. The number of carbonyl (C=O) groups is 1. The lowest BCUT2D eigenvalue weighted by Gasteiger charge is -2.48. The van der Waals surface area contributed by atoms with Crippen LogP contribution in [0.2, 0.25) is 0 Å². The number of hydrogen-bond donors (Lipinski definition) is 2. The molecule has 3 rings (SSSR count). The third-order valence-electron chi connectivity index (χ3n) is 1.82. The van der Waals surface area contributed by atoms with Gasteiger partial charge in [-0.2, -0.15) is 0 Å². The van der Waals surface area contributed by atoms with Crippen molar-refractivity contribution < 1.29 is 21.2 Å². The maximum atomic E-state index is 13.1. The molecule has 0 saturated carbocycles. The molecule has 0 aromatic rings. The highest BCUT2D eigenvalue weighted by Gasteiger charge is 2.51. The standard InChI is InChI=1S/C5H9FN2O4S/c6-13-10-1-5(2-11-13,3-12-13)8-4(7)9/h1-3H2,(H3,7,8,9). The molecule has 8 heteroatoms. The maximum absolute atomic E-state index is 13.1. The zero-order valence-corrected chi connectivity index (χ0v) is 7.43. The van der Waals surface area contributed by atoms with Crippen LogP contribution in [0.4, 0.5) is 8.68 Å². The average molecular weight is 212 g/mol. The summed E-state index contributed by atoms with van der Waals surface area (Å²) in [4.78, 5) is 10.6. The lowest BCUT2D eigenvalue weighted by atomic mass is 10.0. The molecule has 2 amide bonds. The zero-order valence-electron chi connectivity index (χ0n) is 6.62. The second kappa shape index (κ2) is 2.71. The second-order valence-electron chi connectivity index (χ2n) is 2.95. The van der Waals surface area contributed by atoms with Gasteiger partial charge < -0.3 is 11.1 Å². The van der Waals surface area contributed by atoms with Crippen LogP contribution in [0.5, 0.6) is 0 Å². The number of fused-ring (bicyclic) bond motifs is 3. The van der Waals surface area contributed by atoms with Gasteiger partial charge in [-0.3, -0.25) is 12.5 Å². The third-order valence-corrected chi connectivity index (χ3v) is 3.01. The molecule has 76 valence electrons. The number of nitrogens with one attached hydrogen (secondary N) is 1. The largest absolute Gasteiger partial charge is 0.352 e. The summed E-state index contributed by atoms with van der Waals surface area (Å²) in [5.41, 5.74) is 4.10. The summed E-state index contributed by atoms with van der Waals surface area (Å²) < 4.78 is 27.1. The molecule has 3 aliphatic heterocycles. The zero-order chi connectivity index (χ0) is 9.53. The molecule has 2 bridgehead atoms. The number of carbonyl (C=O) groups excluding carboxylic acids is 1. The van der Waals surface area contributed by atoms with Gasteiger partial charge in [0.1, 0.15) is 5.54 Å². The first-order chi connectivity index (χ1) is 6.04. The Morgan fingerprint density at radius 2 is 1.85 bits per heavy atom. The van der Waals surface area contributed by atoms with Crippen molar-refractivity contribution in [2.75, 3.05) is 19.8 Å². The third kappa shape index (κ3) is 1.57. The molecule has 3 saturated heterocycles. The van der Waals surface area contributed by atoms with Crippen molar-refractivity contribution in [3.8, 4) is 0 Å². The maximum Gasteiger partial charge on any atom is 0.312 e. The van der Waals surface area contributed by atoms with E-state index in [2.05, 4.69) is 17.9 Å². The van der Waals surface area contributed by atoms with Gasteiger partial charge in [-0.25, -0.2) is 4.79 Å². The van der Waals surface area contributed by atoms with Crippen LogP contribution in [0, 0.1) is 0 Å². The van der Waals surface area contributed by atoms with Crippen LogP contribution in [0.1, 0.15) is 0 Å². The fourth-order valence-electron chi connectivity index (χ4n) is 1.15. The minimum atomic E-state index is -3.28. The van der Waals surface area contributed by atoms with Crippen LogP contribution in [0.15, 0.2) is 0 Å². The van der Waals surface area contributed by atoms with Gasteiger partial charge in [-0.15, -0.1) is 3.89 Å². The first-order valence-corrected chi connectivity index (χ1v) is 4.88. The first-order valence-electron chi connectivity index (χ1n) is 3.57. The molecule has 0 unspecified atom stereocenters. The molecule has 0 aromatic heterocycles. The fraction of sp³-hybridized carbons (Fsp3) is 0.800. The highest BCUT2D eigenvalue weighted by molar-refractivity contribution is 8.17. The number of primary amides is 1. The van der Waals surface area contributed by atoms with Crippen LogP contribution < -0.4 is 11.1 Å². The number of halogens is 1. The Kier molecular flexibility index (Phi) is 1.88. The molecule has 3 fully saturated rings. The molecule has 0 atom stereocenters. The predicted molar refractivity (Wildman–Crippen MR) is 42.0 cm³/mol. The Labute approximate surface area is 75.7 Å². The normalized spacial score (nSPS) is 48.1. The van der Waals surface area contributed by atoms with E-state index in [1.807, 2.05) is 0 Å². The van der Waals surface area contributed by atoms with Gasteiger partial charge in [-0.05, 0) is 0 Å². The quantitative estimate of drug-likeness (QED) is 0.636. The minimum Gasteiger partial charge on any atom is -0.352 e. The van der Waals surface area contributed by atoms with Crippen LogP contribution >= 0.6 is 11.3 Å². The van der Waals surface area contributed by atoms with Gasteiger partial charge in [-0.1, -0.05) is 0 Å². The van der Waals surface area contributed by atoms with E-state index in [0.717, 1.165) is 0 Å². The number of nitrogens with two attached hydrogens (primary N) is 1. The van der Waals surface area contributed by atoms with Crippen molar-refractivity contribution in [2.24, 2.45) is 5.73 Å². The van der Waals surface area contributed by atoms with E-state index in [-0.39, 0.29) is 19.8 Å². The highest BCUT2D eigenvalue weighted by Crippen LogP contribution is 2.60. The van der Waals surface area contributed by atoms with Crippen LogP contribution in [0.25, 0.3) is 0 Å². The topological polar surface area (TPSA) is 82.8 Å². The Bertz CT molecular complexity index is 226. The molecular formula is C5H9FN2O4S. The van der Waals surface area contributed by atoms with Gasteiger partial charge >= 0.3 is 6.03 Å². The summed E-state index contributed by atoms with van der Waals surface area (Å²) >= 11 is -3.28. The van der Waals surface area contributed by atoms with Crippen molar-refractivity contribution in [1.29, 1.82) is 0 Å². The van der Waals surface area contributed by atoms with Crippen molar-refractivity contribution in [3.05, 3.63) is 0 Å². The second-order valence-corrected chi connectivity index (χ2v) is 4.44. The van der Waals surface area contributed by atoms with Gasteiger partial charge in [0, 0.05) is 0 Å². The first kappa shape index (κ1) is 9.00. The molecular weight excluding hydrogens is 203 g/mol. The fourth-order valence-corrected chi connectivity index (χ4v) is 2.45. The number of hydrogen-bond acceptors (Lipinski definition) is 4. The molecule has 0 spiro atoms. The van der Waals surface area contributed by atoms with E-state index in [1.54, 1.807) is 0 Å². The Hall–Kier alpha value is -0.570. The molecule has 0 aliphatic carbocycles. The van der Waals surface area contributed by atoms with Crippen molar-refractivity contribution >= 4 is 17.3 Å². The lowest BCUT2D eigenvalue weighted by molar-refractivity contribution is -0.0406. The SMILES string of the molecule is NC(=O)NC12COS(F)(OC1)OC2. The van der Waals surface area contributed by atoms with Gasteiger partial charge in [0.15, 0.2) is 0 Å². The van der Waals surface area contributed by atoms with E-state index < -0.39 is 22.8 Å². The minimum absolute atomic E-state index is 0.0295. The van der Waals surface area contributed by atoms with Gasteiger partial charge in [0.25, 0.3) is 11.3 Å². The molecule has 13 heavy (non-hydrogen) atoms. The van der Waals surface area contributed by atoms with Crippen molar-refractivity contribution in [3.63, 3.8) is 0 Å². The molecule has 3 aliphatic rings. The Morgan fingerprint density at radius 1 is 1.38 bits per heavy atom. The molecule has 0 aromatic carbocycles. The average Bonchev–Trinajstić information content (AvgIpc) is 2.07. The van der Waals surface area contributed by atoms with E-state index in [9.17, 15) is 8.68 Å². The lowest BCUT2D eigenvalue weighted by Crippen LogP contribution is -2.64. The summed E-state index contributed by atoms with van der Waals surface area (Å²) in [7, 11) is 0. The summed E-state index contributed by atoms with van der Waals surface area (Å²) in [5, 5.41) is 2.41. The van der Waals surface area contributed by atoms with Crippen molar-refractivity contribution in [1.82, 2.24) is 5.32 Å². The molecule has 0 radical (unpaired) electrons. The Balaban J connectivity index is 2.07. The van der Waals surface area contributed by atoms with E-state index in [1.165, 1.54) is 0 Å². The van der Waals surface area contributed by atoms with Crippen molar-refractivity contribution in [2.45, 2.75) is 5.54 Å². The van der Waals surface area contributed by atoms with Crippen LogP contribution in [-0.4, -0.2) is 31.4 Å². The van der Waals surface area contributed by atoms with E-state index in [4.69, 9.17) is 5.73 Å². The molecule has 6 nitrogen and oxygen atoms in total. The number of rotatable bonds is 1. The highest BCUT2D eigenvalue weighted by atomic mass is 32.3. The van der Waals surface area contributed by atoms with E-state index >= 15 is 0 Å². The van der Waals surface area contributed by atoms with E-state index in [0.29, 0.717) is 0 Å². The van der Waals surface area contributed by atoms with Gasteiger partial charge in [0.2, 0.25) is 0 Å². The number of amides is 2. The van der Waals surface area contributed by atoms with Crippen LogP contribution in [-0.2, 0) is 12.5 Å².